The van der Waals surface area contributed by atoms with Gasteiger partial charge in [-0.2, -0.15) is 0 Å². The number of ketones is 1. The number of nitrogens with zero attached hydrogens (tertiary/aromatic N) is 4. The summed E-state index contributed by atoms with van der Waals surface area (Å²) in [5, 5.41) is 3.24. The van der Waals surface area contributed by atoms with E-state index in [4.69, 9.17) is 9.47 Å². The number of hydrogen-bond acceptors (Lipinski definition) is 9. The number of thiazole rings is 1. The number of likely N-dealkylation sites (tertiary alicyclic amines) is 1. The number of amides is 2. The zero-order chi connectivity index (χ0) is 29.6. The number of anilines is 1. The van der Waals surface area contributed by atoms with Crippen molar-refractivity contribution in [2.24, 2.45) is 0 Å². The number of piperidine rings is 1. The highest BCUT2D eigenvalue weighted by Gasteiger charge is 2.30. The molecule has 1 atom stereocenters. The van der Waals surface area contributed by atoms with Gasteiger partial charge in [0, 0.05) is 56.9 Å². The molecule has 2 fully saturated rings. The zero-order valence-corrected chi connectivity index (χ0v) is 25.1. The summed E-state index contributed by atoms with van der Waals surface area (Å²) in [6.07, 6.45) is 4.52. The van der Waals surface area contributed by atoms with Crippen molar-refractivity contribution in [3.8, 4) is 11.5 Å². The van der Waals surface area contributed by atoms with Crippen LogP contribution in [0, 0.1) is 0 Å². The van der Waals surface area contributed by atoms with Crippen LogP contribution in [0.3, 0.4) is 0 Å². The summed E-state index contributed by atoms with van der Waals surface area (Å²) < 4.78 is 12.0. The van der Waals surface area contributed by atoms with E-state index in [1.54, 1.807) is 18.2 Å². The Morgan fingerprint density at radius 1 is 1.07 bits per heavy atom. The Labute approximate surface area is 249 Å². The van der Waals surface area contributed by atoms with Crippen LogP contribution < -0.4 is 14.8 Å². The number of para-hydroxylation sites is 1. The Bertz CT molecular complexity index is 1430. The first-order valence-electron chi connectivity index (χ1n) is 14.2. The molecule has 1 unspecified atom stereocenters. The minimum Gasteiger partial charge on any atom is -0.496 e. The SMILES string of the molecule is COc1cc(OCC(=O)Nc2nc3ccccc3s2)ccc1C(=O)/C=C/C(=O)N1CCC(N2CCN(C)C(C)C2)CC1. The van der Waals surface area contributed by atoms with Gasteiger partial charge in [0.05, 0.1) is 22.9 Å². The number of benzene rings is 2. The molecular weight excluding hydrogens is 554 g/mol. The lowest BCUT2D eigenvalue weighted by atomic mass is 10.0. The van der Waals surface area contributed by atoms with Gasteiger partial charge in [-0.15, -0.1) is 0 Å². The molecule has 0 bridgehead atoms. The van der Waals surface area contributed by atoms with E-state index < -0.39 is 0 Å². The number of rotatable bonds is 9. The van der Waals surface area contributed by atoms with Gasteiger partial charge in [0.25, 0.3) is 5.91 Å². The molecule has 0 radical (unpaired) electrons. The molecule has 3 heterocycles. The van der Waals surface area contributed by atoms with E-state index in [0.717, 1.165) is 42.7 Å². The van der Waals surface area contributed by atoms with Crippen molar-refractivity contribution in [2.75, 3.05) is 58.8 Å². The fourth-order valence-corrected chi connectivity index (χ4v) is 6.28. The molecule has 5 rings (SSSR count). The van der Waals surface area contributed by atoms with Crippen LogP contribution in [0.25, 0.3) is 10.2 Å². The van der Waals surface area contributed by atoms with Crippen molar-refractivity contribution in [1.82, 2.24) is 19.7 Å². The van der Waals surface area contributed by atoms with Crippen LogP contribution in [0.1, 0.15) is 30.1 Å². The molecule has 1 N–H and O–H groups in total. The first kappa shape index (κ1) is 29.7. The van der Waals surface area contributed by atoms with Crippen molar-refractivity contribution in [3.05, 3.63) is 60.2 Å². The lowest BCUT2D eigenvalue weighted by molar-refractivity contribution is -0.127. The zero-order valence-electron chi connectivity index (χ0n) is 24.2. The first-order valence-corrected chi connectivity index (χ1v) is 15.0. The standard InChI is InChI=1S/C31H37N5O5S/c1-21-19-36(17-16-34(21)2)22-12-14-35(15-13-22)30(39)11-10-26(37)24-9-8-23(18-27(24)40-3)41-20-29(38)33-31-32-25-6-4-5-7-28(25)42-31/h4-11,18,21-22H,12-17,19-20H2,1-3H3,(H,32,33,38)/b11-10+. The summed E-state index contributed by atoms with van der Waals surface area (Å²) in [5.41, 5.74) is 1.12. The molecule has 2 aliphatic rings. The maximum Gasteiger partial charge on any atom is 0.264 e. The van der Waals surface area contributed by atoms with Gasteiger partial charge in [-0.3, -0.25) is 24.6 Å². The third-order valence-electron chi connectivity index (χ3n) is 8.01. The maximum absolute atomic E-state index is 12.9. The van der Waals surface area contributed by atoms with Crippen LogP contribution in [-0.4, -0.2) is 103 Å². The highest BCUT2D eigenvalue weighted by Crippen LogP contribution is 2.27. The minimum atomic E-state index is -0.350. The van der Waals surface area contributed by atoms with Gasteiger partial charge in [0.1, 0.15) is 11.5 Å². The quantitative estimate of drug-likeness (QED) is 0.297. The van der Waals surface area contributed by atoms with Crippen LogP contribution in [0.2, 0.25) is 0 Å². The normalized spacial score (nSPS) is 18.8. The van der Waals surface area contributed by atoms with Crippen molar-refractivity contribution >= 4 is 44.3 Å². The summed E-state index contributed by atoms with van der Waals surface area (Å²) in [6.45, 7) is 6.60. The van der Waals surface area contributed by atoms with Crippen LogP contribution in [0.5, 0.6) is 11.5 Å². The van der Waals surface area contributed by atoms with Crippen molar-refractivity contribution in [3.63, 3.8) is 0 Å². The predicted octanol–water partition coefficient (Wildman–Crippen LogP) is 3.69. The van der Waals surface area contributed by atoms with Gasteiger partial charge < -0.3 is 19.3 Å². The Morgan fingerprint density at radius 2 is 1.86 bits per heavy atom. The lowest BCUT2D eigenvalue weighted by Crippen LogP contribution is -2.55. The van der Waals surface area contributed by atoms with Crippen LogP contribution in [0.4, 0.5) is 5.13 Å². The molecule has 42 heavy (non-hydrogen) atoms. The van der Waals surface area contributed by atoms with Crippen LogP contribution >= 0.6 is 11.3 Å². The van der Waals surface area contributed by atoms with Crippen molar-refractivity contribution in [2.45, 2.75) is 31.8 Å². The van der Waals surface area contributed by atoms with Crippen LogP contribution in [0.15, 0.2) is 54.6 Å². The number of allylic oxidation sites excluding steroid dienone is 1. The van der Waals surface area contributed by atoms with Crippen molar-refractivity contribution < 1.29 is 23.9 Å². The molecule has 2 saturated heterocycles. The third kappa shape index (κ3) is 7.15. The molecule has 0 spiro atoms. The molecule has 1 aromatic heterocycles. The Kier molecular flexibility index (Phi) is 9.51. The first-order chi connectivity index (χ1) is 20.3. The Balaban J connectivity index is 1.10. The molecule has 3 aromatic rings. The molecule has 0 aliphatic carbocycles. The number of nitrogens with one attached hydrogen (secondary N) is 1. The van der Waals surface area contributed by atoms with E-state index in [2.05, 4.69) is 34.1 Å². The molecule has 222 valence electrons. The number of aromatic nitrogens is 1. The summed E-state index contributed by atoms with van der Waals surface area (Å²) >= 11 is 1.39. The van der Waals surface area contributed by atoms with Gasteiger partial charge in [0.15, 0.2) is 17.5 Å². The second-order valence-electron chi connectivity index (χ2n) is 10.8. The number of carbonyl (C=O) groups is 3. The highest BCUT2D eigenvalue weighted by molar-refractivity contribution is 7.22. The predicted molar refractivity (Wildman–Crippen MR) is 163 cm³/mol. The van der Waals surface area contributed by atoms with Gasteiger partial charge >= 0.3 is 0 Å². The van der Waals surface area contributed by atoms with E-state index in [1.807, 2.05) is 29.2 Å². The molecule has 0 saturated carbocycles. The number of fused-ring (bicyclic) bond motifs is 1. The highest BCUT2D eigenvalue weighted by atomic mass is 32.1. The summed E-state index contributed by atoms with van der Waals surface area (Å²) in [6, 6.07) is 13.4. The fraction of sp³-hybridized carbons (Fsp3) is 0.419. The molecule has 11 heteroatoms. The third-order valence-corrected chi connectivity index (χ3v) is 8.96. The molecule has 10 nitrogen and oxygen atoms in total. The second kappa shape index (κ2) is 13.5. The Morgan fingerprint density at radius 3 is 2.60 bits per heavy atom. The summed E-state index contributed by atoms with van der Waals surface area (Å²) in [7, 11) is 3.62. The van der Waals surface area contributed by atoms with Gasteiger partial charge in [-0.05, 0) is 57.2 Å². The average Bonchev–Trinajstić information content (AvgIpc) is 3.42. The van der Waals surface area contributed by atoms with Gasteiger partial charge in [-0.25, -0.2) is 4.98 Å². The number of likely N-dealkylation sites (N-methyl/N-ethyl adjacent to an activating group) is 1. The van der Waals surface area contributed by atoms with Crippen molar-refractivity contribution in [1.29, 1.82) is 0 Å². The average molecular weight is 592 g/mol. The second-order valence-corrected chi connectivity index (χ2v) is 11.8. The largest absolute Gasteiger partial charge is 0.496 e. The van der Waals surface area contributed by atoms with Crippen LogP contribution in [-0.2, 0) is 9.59 Å². The molecular formula is C31H37N5O5S. The number of carbonyl (C=O) groups excluding carboxylic acids is 3. The van der Waals surface area contributed by atoms with E-state index in [9.17, 15) is 14.4 Å². The number of methoxy groups -OCH3 is 1. The van der Waals surface area contributed by atoms with E-state index >= 15 is 0 Å². The Hall–Kier alpha value is -3.80. The number of hydrogen-bond donors (Lipinski definition) is 1. The number of ether oxygens (including phenoxy) is 2. The molecule has 2 aromatic carbocycles. The van der Waals surface area contributed by atoms with E-state index in [-0.39, 0.29) is 24.2 Å². The number of piperazine rings is 1. The smallest absolute Gasteiger partial charge is 0.264 e. The van der Waals surface area contributed by atoms with Gasteiger partial charge in [0.2, 0.25) is 5.91 Å². The topological polar surface area (TPSA) is 104 Å². The monoisotopic (exact) mass is 591 g/mol. The molecule has 2 aliphatic heterocycles. The minimum absolute atomic E-state index is 0.161. The molecule has 2 amide bonds. The van der Waals surface area contributed by atoms with E-state index in [1.165, 1.54) is 30.6 Å². The summed E-state index contributed by atoms with van der Waals surface area (Å²) in [5.74, 6) is -0.186. The van der Waals surface area contributed by atoms with Gasteiger partial charge in [-0.1, -0.05) is 23.5 Å². The van der Waals surface area contributed by atoms with E-state index in [0.29, 0.717) is 47.4 Å². The summed E-state index contributed by atoms with van der Waals surface area (Å²) in [4.78, 5) is 49.3. The fourth-order valence-electron chi connectivity index (χ4n) is 5.40. The maximum atomic E-state index is 12.9. The lowest BCUT2D eigenvalue weighted by Gasteiger charge is -2.44.